The zero-order chi connectivity index (χ0) is 13.9. The summed E-state index contributed by atoms with van der Waals surface area (Å²) in [6, 6.07) is 5.89. The third-order valence-corrected chi connectivity index (χ3v) is 4.44. The van der Waals surface area contributed by atoms with E-state index in [-0.39, 0.29) is 18.1 Å². The standard InChI is InChI=1S/C16H25NO2/c1-12-5-6-14(15(19)9-12)13(2)17-10-16(11-18)7-3-4-8-16/h5-6,9,13,17-19H,3-4,7-8,10-11H2,1-2H3. The molecule has 1 atom stereocenters. The lowest BCUT2D eigenvalue weighted by atomic mass is 9.87. The topological polar surface area (TPSA) is 52.5 Å². The Morgan fingerprint density at radius 1 is 1.32 bits per heavy atom. The molecule has 0 spiro atoms. The summed E-state index contributed by atoms with van der Waals surface area (Å²) < 4.78 is 0. The number of phenolic OH excluding ortho intramolecular Hbond substituents is 1. The molecule has 0 heterocycles. The quantitative estimate of drug-likeness (QED) is 0.765. The van der Waals surface area contributed by atoms with Crippen molar-refractivity contribution in [1.82, 2.24) is 5.32 Å². The molecule has 2 rings (SSSR count). The van der Waals surface area contributed by atoms with Gasteiger partial charge in [-0.1, -0.05) is 25.0 Å². The molecule has 3 nitrogen and oxygen atoms in total. The lowest BCUT2D eigenvalue weighted by Gasteiger charge is -2.29. The summed E-state index contributed by atoms with van der Waals surface area (Å²) in [5, 5.41) is 23.1. The van der Waals surface area contributed by atoms with Gasteiger partial charge in [-0.15, -0.1) is 0 Å². The zero-order valence-corrected chi connectivity index (χ0v) is 11.9. The first kappa shape index (κ1) is 14.4. The minimum atomic E-state index is 0.0502. The zero-order valence-electron chi connectivity index (χ0n) is 11.9. The van der Waals surface area contributed by atoms with Crippen molar-refractivity contribution < 1.29 is 10.2 Å². The first-order chi connectivity index (χ1) is 9.06. The van der Waals surface area contributed by atoms with E-state index in [1.807, 2.05) is 19.1 Å². The number of aryl methyl sites for hydroxylation is 1. The van der Waals surface area contributed by atoms with Gasteiger partial charge in [-0.25, -0.2) is 0 Å². The van der Waals surface area contributed by atoms with Crippen molar-refractivity contribution in [3.63, 3.8) is 0 Å². The van der Waals surface area contributed by atoms with Crippen LogP contribution in [0, 0.1) is 12.3 Å². The van der Waals surface area contributed by atoms with Gasteiger partial charge in [0.05, 0.1) is 0 Å². The number of hydrogen-bond acceptors (Lipinski definition) is 3. The maximum atomic E-state index is 9.99. The Morgan fingerprint density at radius 3 is 2.58 bits per heavy atom. The number of aliphatic hydroxyl groups excluding tert-OH is 1. The fourth-order valence-corrected chi connectivity index (χ4v) is 3.02. The molecule has 0 radical (unpaired) electrons. The van der Waals surface area contributed by atoms with Crippen LogP contribution < -0.4 is 5.32 Å². The summed E-state index contributed by atoms with van der Waals surface area (Å²) in [5.74, 6) is 0.351. The molecule has 0 aromatic heterocycles. The predicted molar refractivity (Wildman–Crippen MR) is 77.2 cm³/mol. The second-order valence-electron chi connectivity index (χ2n) is 6.03. The van der Waals surface area contributed by atoms with E-state index in [4.69, 9.17) is 0 Å². The molecule has 1 saturated carbocycles. The second-order valence-corrected chi connectivity index (χ2v) is 6.03. The number of benzene rings is 1. The van der Waals surface area contributed by atoms with E-state index in [9.17, 15) is 10.2 Å². The van der Waals surface area contributed by atoms with E-state index in [1.54, 1.807) is 6.07 Å². The largest absolute Gasteiger partial charge is 0.508 e. The number of aliphatic hydroxyl groups is 1. The van der Waals surface area contributed by atoms with Crippen molar-refractivity contribution in [2.75, 3.05) is 13.2 Å². The Hall–Kier alpha value is -1.06. The van der Waals surface area contributed by atoms with Gasteiger partial charge in [-0.2, -0.15) is 0 Å². The van der Waals surface area contributed by atoms with E-state index < -0.39 is 0 Å². The van der Waals surface area contributed by atoms with Gasteiger partial charge in [0.1, 0.15) is 5.75 Å². The summed E-state index contributed by atoms with van der Waals surface area (Å²) in [7, 11) is 0. The van der Waals surface area contributed by atoms with Gasteiger partial charge in [-0.3, -0.25) is 0 Å². The van der Waals surface area contributed by atoms with Gasteiger partial charge in [0, 0.05) is 30.2 Å². The van der Waals surface area contributed by atoms with Crippen LogP contribution in [0.3, 0.4) is 0 Å². The lowest BCUT2D eigenvalue weighted by molar-refractivity contribution is 0.125. The van der Waals surface area contributed by atoms with Crippen LogP contribution in [-0.4, -0.2) is 23.4 Å². The minimum absolute atomic E-state index is 0.0502. The lowest BCUT2D eigenvalue weighted by Crippen LogP contribution is -2.36. The SMILES string of the molecule is Cc1ccc(C(C)NCC2(CO)CCCC2)c(O)c1. The van der Waals surface area contributed by atoms with E-state index in [1.165, 1.54) is 12.8 Å². The highest BCUT2D eigenvalue weighted by Crippen LogP contribution is 2.37. The van der Waals surface area contributed by atoms with Gasteiger partial charge in [-0.05, 0) is 38.3 Å². The number of rotatable bonds is 5. The van der Waals surface area contributed by atoms with Gasteiger partial charge in [0.2, 0.25) is 0 Å². The molecule has 1 aliphatic rings. The van der Waals surface area contributed by atoms with Gasteiger partial charge in [0.15, 0.2) is 0 Å². The smallest absolute Gasteiger partial charge is 0.120 e. The maximum Gasteiger partial charge on any atom is 0.120 e. The Kier molecular flexibility index (Phi) is 4.48. The highest BCUT2D eigenvalue weighted by atomic mass is 16.3. The fourth-order valence-electron chi connectivity index (χ4n) is 3.02. The molecule has 1 aromatic rings. The third-order valence-electron chi connectivity index (χ3n) is 4.44. The first-order valence-corrected chi connectivity index (χ1v) is 7.20. The van der Waals surface area contributed by atoms with Crippen LogP contribution in [0.5, 0.6) is 5.75 Å². The normalized spacial score (nSPS) is 19.5. The molecular weight excluding hydrogens is 238 g/mol. The fraction of sp³-hybridized carbons (Fsp3) is 0.625. The summed E-state index contributed by atoms with van der Waals surface area (Å²) in [6.45, 7) is 5.11. The highest BCUT2D eigenvalue weighted by Gasteiger charge is 2.33. The van der Waals surface area contributed by atoms with Crippen LogP contribution in [0.25, 0.3) is 0 Å². The van der Waals surface area contributed by atoms with Crippen molar-refractivity contribution in [3.05, 3.63) is 29.3 Å². The van der Waals surface area contributed by atoms with Crippen molar-refractivity contribution in [2.45, 2.75) is 45.6 Å². The number of hydrogen-bond donors (Lipinski definition) is 3. The molecule has 3 heteroatoms. The van der Waals surface area contributed by atoms with Gasteiger partial charge in [0.25, 0.3) is 0 Å². The van der Waals surface area contributed by atoms with E-state index >= 15 is 0 Å². The molecule has 1 fully saturated rings. The van der Waals surface area contributed by atoms with Crippen LogP contribution in [0.2, 0.25) is 0 Å². The Morgan fingerprint density at radius 2 is 2.00 bits per heavy atom. The maximum absolute atomic E-state index is 9.99. The summed E-state index contributed by atoms with van der Waals surface area (Å²) >= 11 is 0. The molecule has 3 N–H and O–H groups in total. The molecule has 1 aliphatic carbocycles. The summed E-state index contributed by atoms with van der Waals surface area (Å²) in [5.41, 5.74) is 2.04. The average Bonchev–Trinajstić information content (AvgIpc) is 2.85. The van der Waals surface area contributed by atoms with Crippen molar-refractivity contribution in [1.29, 1.82) is 0 Å². The van der Waals surface area contributed by atoms with Crippen LogP contribution in [0.4, 0.5) is 0 Å². The molecule has 1 aromatic carbocycles. The molecule has 1 unspecified atom stereocenters. The monoisotopic (exact) mass is 263 g/mol. The summed E-state index contributed by atoms with van der Waals surface area (Å²) in [4.78, 5) is 0. The van der Waals surface area contributed by atoms with E-state index in [2.05, 4.69) is 12.2 Å². The molecule has 19 heavy (non-hydrogen) atoms. The van der Waals surface area contributed by atoms with Crippen LogP contribution >= 0.6 is 0 Å². The van der Waals surface area contributed by atoms with Crippen molar-refractivity contribution >= 4 is 0 Å². The van der Waals surface area contributed by atoms with E-state index in [0.717, 1.165) is 30.5 Å². The predicted octanol–water partition coefficient (Wildman–Crippen LogP) is 2.90. The van der Waals surface area contributed by atoms with E-state index in [0.29, 0.717) is 5.75 Å². The van der Waals surface area contributed by atoms with Crippen LogP contribution in [-0.2, 0) is 0 Å². The average molecular weight is 263 g/mol. The van der Waals surface area contributed by atoms with Crippen LogP contribution in [0.1, 0.15) is 49.8 Å². The molecule has 0 saturated heterocycles. The first-order valence-electron chi connectivity index (χ1n) is 7.20. The number of aromatic hydroxyl groups is 1. The summed E-state index contributed by atoms with van der Waals surface area (Å²) in [6.07, 6.45) is 4.63. The Labute approximate surface area is 115 Å². The molecule has 0 amide bonds. The third kappa shape index (κ3) is 3.28. The minimum Gasteiger partial charge on any atom is -0.508 e. The molecule has 106 valence electrons. The van der Waals surface area contributed by atoms with Crippen molar-refractivity contribution in [2.24, 2.45) is 5.41 Å². The van der Waals surface area contributed by atoms with Gasteiger partial charge >= 0.3 is 0 Å². The second kappa shape index (κ2) is 5.93. The molecule has 0 bridgehead atoms. The number of nitrogens with one attached hydrogen (secondary N) is 1. The van der Waals surface area contributed by atoms with Gasteiger partial charge < -0.3 is 15.5 Å². The Balaban J connectivity index is 1.99. The molecular formula is C16H25NO2. The van der Waals surface area contributed by atoms with Crippen molar-refractivity contribution in [3.8, 4) is 5.75 Å². The number of phenols is 1. The highest BCUT2D eigenvalue weighted by molar-refractivity contribution is 5.37. The molecule has 0 aliphatic heterocycles. The Bertz CT molecular complexity index is 425. The van der Waals surface area contributed by atoms with Crippen LogP contribution in [0.15, 0.2) is 18.2 Å².